The van der Waals surface area contributed by atoms with Gasteiger partial charge in [-0.25, -0.2) is 0 Å². The van der Waals surface area contributed by atoms with Crippen LogP contribution in [-0.2, 0) is 4.79 Å². The number of hydrogen-bond acceptors (Lipinski definition) is 4. The van der Waals surface area contributed by atoms with E-state index in [1.54, 1.807) is 39.3 Å². The Hall–Kier alpha value is -2.28. The SMILES string of the molecule is COc1ccc(OC)c(C2NC(=S)NC(C)=C2C(N)=O)c1. The number of nitrogens with one attached hydrogen (secondary N) is 2. The van der Waals surface area contributed by atoms with Gasteiger partial charge < -0.3 is 25.8 Å². The fourth-order valence-electron chi connectivity index (χ4n) is 2.32. The number of methoxy groups -OCH3 is 2. The maximum absolute atomic E-state index is 11.8. The van der Waals surface area contributed by atoms with Crippen LogP contribution in [-0.4, -0.2) is 25.2 Å². The smallest absolute Gasteiger partial charge is 0.248 e. The number of rotatable bonds is 4. The van der Waals surface area contributed by atoms with Crippen LogP contribution in [0.5, 0.6) is 11.5 Å². The molecule has 0 bridgehead atoms. The van der Waals surface area contributed by atoms with Crippen molar-refractivity contribution in [2.75, 3.05) is 14.2 Å². The molecular weight excluding hydrogens is 290 g/mol. The van der Waals surface area contributed by atoms with Crippen LogP contribution in [0.25, 0.3) is 0 Å². The van der Waals surface area contributed by atoms with Crippen molar-refractivity contribution >= 4 is 23.2 Å². The first-order valence-corrected chi connectivity index (χ1v) is 6.68. The van der Waals surface area contributed by atoms with Crippen molar-refractivity contribution in [1.82, 2.24) is 10.6 Å². The minimum atomic E-state index is -0.523. The van der Waals surface area contributed by atoms with E-state index in [1.807, 2.05) is 0 Å². The van der Waals surface area contributed by atoms with E-state index in [2.05, 4.69) is 10.6 Å². The number of carbonyl (C=O) groups excluding carboxylic acids is 1. The number of ether oxygens (including phenoxy) is 2. The van der Waals surface area contributed by atoms with Crippen molar-refractivity contribution < 1.29 is 14.3 Å². The number of benzene rings is 1. The predicted molar refractivity (Wildman–Crippen MR) is 83.1 cm³/mol. The van der Waals surface area contributed by atoms with E-state index < -0.39 is 11.9 Å². The molecule has 1 unspecified atom stereocenters. The quantitative estimate of drug-likeness (QED) is 0.719. The molecule has 4 N–H and O–H groups in total. The van der Waals surface area contributed by atoms with Gasteiger partial charge in [-0.1, -0.05) is 0 Å². The minimum absolute atomic E-state index is 0.412. The summed E-state index contributed by atoms with van der Waals surface area (Å²) in [6, 6.07) is 4.86. The summed E-state index contributed by atoms with van der Waals surface area (Å²) in [6.07, 6.45) is 0. The van der Waals surface area contributed by atoms with E-state index in [-0.39, 0.29) is 0 Å². The third-order valence-electron chi connectivity index (χ3n) is 3.28. The van der Waals surface area contributed by atoms with E-state index in [4.69, 9.17) is 27.4 Å². The average Bonchev–Trinajstić information content (AvgIpc) is 2.45. The predicted octanol–water partition coefficient (Wildman–Crippen LogP) is 0.982. The Kier molecular flexibility index (Phi) is 4.32. The first-order chi connectivity index (χ1) is 9.97. The molecule has 112 valence electrons. The molecule has 1 aromatic rings. The standard InChI is InChI=1S/C14H17N3O3S/c1-7-11(13(15)18)12(17-14(21)16-7)9-6-8(19-2)4-5-10(9)20-3/h4-6,12H,1-3H3,(H2,15,18)(H2,16,17,21). The number of carbonyl (C=O) groups is 1. The normalized spacial score (nSPS) is 17.9. The van der Waals surface area contributed by atoms with Gasteiger partial charge in [0.25, 0.3) is 0 Å². The molecule has 0 aliphatic carbocycles. The van der Waals surface area contributed by atoms with Gasteiger partial charge in [0.2, 0.25) is 5.91 Å². The van der Waals surface area contributed by atoms with E-state index in [9.17, 15) is 4.79 Å². The third kappa shape index (κ3) is 2.92. The lowest BCUT2D eigenvalue weighted by Crippen LogP contribution is -2.46. The lowest BCUT2D eigenvalue weighted by atomic mass is 9.94. The van der Waals surface area contributed by atoms with Crippen LogP contribution in [0, 0.1) is 0 Å². The largest absolute Gasteiger partial charge is 0.497 e. The number of nitrogens with two attached hydrogens (primary N) is 1. The highest BCUT2D eigenvalue weighted by Gasteiger charge is 2.30. The van der Waals surface area contributed by atoms with E-state index >= 15 is 0 Å². The number of hydrogen-bond donors (Lipinski definition) is 3. The maximum atomic E-state index is 11.8. The van der Waals surface area contributed by atoms with Gasteiger partial charge in [0.05, 0.1) is 25.8 Å². The molecule has 0 saturated carbocycles. The number of primary amides is 1. The topological polar surface area (TPSA) is 85.6 Å². The summed E-state index contributed by atoms with van der Waals surface area (Å²) in [5.41, 5.74) is 7.27. The van der Waals surface area contributed by atoms with Crippen molar-refractivity contribution in [3.8, 4) is 11.5 Å². The molecule has 0 fully saturated rings. The molecule has 0 spiro atoms. The molecule has 1 aromatic carbocycles. The van der Waals surface area contributed by atoms with Crippen molar-refractivity contribution in [1.29, 1.82) is 0 Å². The molecule has 0 saturated heterocycles. The highest BCUT2D eigenvalue weighted by atomic mass is 32.1. The Bertz CT molecular complexity index is 628. The van der Waals surface area contributed by atoms with Crippen LogP contribution in [0.3, 0.4) is 0 Å². The van der Waals surface area contributed by atoms with Crippen LogP contribution in [0.4, 0.5) is 0 Å². The van der Waals surface area contributed by atoms with Crippen molar-refractivity contribution in [3.05, 3.63) is 35.0 Å². The summed E-state index contributed by atoms with van der Waals surface area (Å²) in [5, 5.41) is 6.37. The number of amides is 1. The summed E-state index contributed by atoms with van der Waals surface area (Å²) in [6.45, 7) is 1.76. The number of allylic oxidation sites excluding steroid dienone is 1. The summed E-state index contributed by atoms with van der Waals surface area (Å²) in [5.74, 6) is 0.743. The zero-order valence-electron chi connectivity index (χ0n) is 12.0. The van der Waals surface area contributed by atoms with E-state index in [0.717, 1.165) is 5.56 Å². The van der Waals surface area contributed by atoms with Crippen molar-refractivity contribution in [2.24, 2.45) is 5.73 Å². The summed E-state index contributed by atoms with van der Waals surface area (Å²) in [7, 11) is 3.13. The second-order valence-electron chi connectivity index (χ2n) is 4.54. The second kappa shape index (κ2) is 6.01. The molecule has 6 nitrogen and oxygen atoms in total. The van der Waals surface area contributed by atoms with E-state index in [0.29, 0.717) is 27.9 Å². The van der Waals surface area contributed by atoms with Gasteiger partial charge in [0.1, 0.15) is 11.5 Å². The summed E-state index contributed by atoms with van der Waals surface area (Å²) in [4.78, 5) is 11.8. The van der Waals surface area contributed by atoms with Gasteiger partial charge >= 0.3 is 0 Å². The van der Waals surface area contributed by atoms with E-state index in [1.165, 1.54) is 0 Å². The first kappa shape index (κ1) is 15.1. The highest BCUT2D eigenvalue weighted by molar-refractivity contribution is 7.80. The molecule has 0 aromatic heterocycles. The van der Waals surface area contributed by atoms with Gasteiger partial charge in [0.15, 0.2) is 5.11 Å². The summed E-state index contributed by atoms with van der Waals surface area (Å²) >= 11 is 5.16. The Labute approximate surface area is 128 Å². The Morgan fingerprint density at radius 3 is 2.62 bits per heavy atom. The van der Waals surface area contributed by atoms with Gasteiger partial charge in [-0.15, -0.1) is 0 Å². The van der Waals surface area contributed by atoms with Gasteiger partial charge in [-0.3, -0.25) is 4.79 Å². The molecule has 1 amide bonds. The molecule has 1 heterocycles. The molecule has 1 atom stereocenters. The fourth-order valence-corrected chi connectivity index (χ4v) is 2.59. The van der Waals surface area contributed by atoms with Crippen LogP contribution in [0.15, 0.2) is 29.5 Å². The van der Waals surface area contributed by atoms with Gasteiger partial charge in [-0.2, -0.15) is 0 Å². The van der Waals surface area contributed by atoms with Gasteiger partial charge in [-0.05, 0) is 37.3 Å². The minimum Gasteiger partial charge on any atom is -0.497 e. The zero-order chi connectivity index (χ0) is 15.6. The molecule has 7 heteroatoms. The molecular formula is C14H17N3O3S. The van der Waals surface area contributed by atoms with Gasteiger partial charge in [0, 0.05) is 11.3 Å². The van der Waals surface area contributed by atoms with Crippen LogP contribution in [0.1, 0.15) is 18.5 Å². The maximum Gasteiger partial charge on any atom is 0.248 e. The third-order valence-corrected chi connectivity index (χ3v) is 3.50. The average molecular weight is 307 g/mol. The van der Waals surface area contributed by atoms with Crippen LogP contribution < -0.4 is 25.8 Å². The lowest BCUT2D eigenvalue weighted by Gasteiger charge is -2.30. The van der Waals surface area contributed by atoms with Crippen LogP contribution in [0.2, 0.25) is 0 Å². The number of thiocarbonyl (C=S) groups is 1. The molecule has 1 aliphatic heterocycles. The highest BCUT2D eigenvalue weighted by Crippen LogP contribution is 2.35. The molecule has 2 rings (SSSR count). The lowest BCUT2D eigenvalue weighted by molar-refractivity contribution is -0.115. The Balaban J connectivity index is 2.59. The van der Waals surface area contributed by atoms with Crippen molar-refractivity contribution in [2.45, 2.75) is 13.0 Å². The fraction of sp³-hybridized carbons (Fsp3) is 0.286. The summed E-state index contributed by atoms with van der Waals surface area (Å²) < 4.78 is 10.6. The first-order valence-electron chi connectivity index (χ1n) is 6.28. The monoisotopic (exact) mass is 307 g/mol. The second-order valence-corrected chi connectivity index (χ2v) is 4.95. The Morgan fingerprint density at radius 1 is 1.33 bits per heavy atom. The Morgan fingerprint density at radius 2 is 2.05 bits per heavy atom. The van der Waals surface area contributed by atoms with Crippen LogP contribution >= 0.6 is 12.2 Å². The van der Waals surface area contributed by atoms with Crippen molar-refractivity contribution in [3.63, 3.8) is 0 Å². The molecule has 0 radical (unpaired) electrons. The zero-order valence-corrected chi connectivity index (χ0v) is 12.8. The molecule has 21 heavy (non-hydrogen) atoms. The molecule has 1 aliphatic rings.